The highest BCUT2D eigenvalue weighted by atomic mass is 35.5. The summed E-state index contributed by atoms with van der Waals surface area (Å²) in [6.07, 6.45) is 2.13. The van der Waals surface area contributed by atoms with Gasteiger partial charge in [0.2, 0.25) is 0 Å². The quantitative estimate of drug-likeness (QED) is 0.484. The number of benzene rings is 2. The van der Waals surface area contributed by atoms with Gasteiger partial charge in [-0.05, 0) is 50.1 Å². The fourth-order valence-electron chi connectivity index (χ4n) is 3.93. The van der Waals surface area contributed by atoms with E-state index in [0.717, 1.165) is 41.0 Å². The lowest BCUT2D eigenvalue weighted by Gasteiger charge is -2.30. The van der Waals surface area contributed by atoms with E-state index in [1.54, 1.807) is 0 Å². The van der Waals surface area contributed by atoms with Crippen molar-refractivity contribution in [3.05, 3.63) is 70.4 Å². The maximum Gasteiger partial charge on any atom is 0.273 e. The number of amides is 1. The van der Waals surface area contributed by atoms with Crippen LogP contribution in [0.25, 0.3) is 11.3 Å². The molecule has 0 spiro atoms. The normalized spacial score (nSPS) is 15.7. The molecule has 30 heavy (non-hydrogen) atoms. The Morgan fingerprint density at radius 1 is 1.13 bits per heavy atom. The summed E-state index contributed by atoms with van der Waals surface area (Å²) in [5.41, 5.74) is 4.22. The van der Waals surface area contributed by atoms with Crippen LogP contribution in [0.5, 0.6) is 5.75 Å². The fraction of sp³-hybridized carbons (Fsp3) is 0.333. The molecule has 1 aromatic heterocycles. The first-order chi connectivity index (χ1) is 14.5. The van der Waals surface area contributed by atoms with Gasteiger partial charge in [0, 0.05) is 22.2 Å². The van der Waals surface area contributed by atoms with Gasteiger partial charge in [-0.25, -0.2) is 0 Å². The standard InChI is InChI=1S/C24H26ClN3O2/c1-4-5-14-30-19-12-8-17(9-13-19)23-20-21(16-6-10-18(25)11-7-16)26-27-22(20)24(29)28(23)15(2)3/h6-13,15,23H,4-5,14H2,1-3H3,(H,26,27). The van der Waals surface area contributed by atoms with Crippen LogP contribution >= 0.6 is 11.6 Å². The summed E-state index contributed by atoms with van der Waals surface area (Å²) in [6, 6.07) is 15.4. The van der Waals surface area contributed by atoms with E-state index in [1.807, 2.05) is 67.3 Å². The summed E-state index contributed by atoms with van der Waals surface area (Å²) in [5.74, 6) is 0.818. The topological polar surface area (TPSA) is 58.2 Å². The summed E-state index contributed by atoms with van der Waals surface area (Å²) in [6.45, 7) is 6.93. The molecule has 0 bridgehead atoms. The number of carbonyl (C=O) groups is 1. The monoisotopic (exact) mass is 423 g/mol. The van der Waals surface area contributed by atoms with Crippen molar-refractivity contribution in [2.75, 3.05) is 6.61 Å². The van der Waals surface area contributed by atoms with Crippen LogP contribution in [0.4, 0.5) is 0 Å². The Morgan fingerprint density at radius 3 is 2.47 bits per heavy atom. The number of ether oxygens (including phenoxy) is 1. The van der Waals surface area contributed by atoms with Crippen LogP contribution in [0.3, 0.4) is 0 Å². The molecule has 156 valence electrons. The van der Waals surface area contributed by atoms with Gasteiger partial charge >= 0.3 is 0 Å². The number of carbonyl (C=O) groups excluding carboxylic acids is 1. The number of aromatic nitrogens is 2. The van der Waals surface area contributed by atoms with Gasteiger partial charge in [-0.2, -0.15) is 5.10 Å². The third-order valence-corrected chi connectivity index (χ3v) is 5.69. The van der Waals surface area contributed by atoms with E-state index in [1.165, 1.54) is 0 Å². The van der Waals surface area contributed by atoms with E-state index >= 15 is 0 Å². The van der Waals surface area contributed by atoms with Crippen LogP contribution in [-0.4, -0.2) is 33.7 Å². The number of rotatable bonds is 7. The number of nitrogens with zero attached hydrogens (tertiary/aromatic N) is 2. The van der Waals surface area contributed by atoms with Gasteiger partial charge < -0.3 is 9.64 Å². The molecule has 5 nitrogen and oxygen atoms in total. The first-order valence-electron chi connectivity index (χ1n) is 10.4. The van der Waals surface area contributed by atoms with E-state index in [0.29, 0.717) is 17.3 Å². The second kappa shape index (κ2) is 8.52. The molecule has 0 saturated heterocycles. The molecule has 0 aliphatic carbocycles. The summed E-state index contributed by atoms with van der Waals surface area (Å²) in [4.78, 5) is 15.1. The molecule has 2 aromatic carbocycles. The fourth-order valence-corrected chi connectivity index (χ4v) is 4.06. The maximum atomic E-state index is 13.2. The number of nitrogens with one attached hydrogen (secondary N) is 1. The van der Waals surface area contributed by atoms with Gasteiger partial charge in [-0.15, -0.1) is 0 Å². The number of unbranched alkanes of at least 4 members (excludes halogenated alkanes) is 1. The van der Waals surface area contributed by atoms with Crippen LogP contribution < -0.4 is 4.74 Å². The molecule has 2 heterocycles. The van der Waals surface area contributed by atoms with Crippen molar-refractivity contribution in [1.29, 1.82) is 0 Å². The molecule has 3 aromatic rings. The highest BCUT2D eigenvalue weighted by Gasteiger charge is 2.43. The van der Waals surface area contributed by atoms with E-state index in [4.69, 9.17) is 16.3 Å². The lowest BCUT2D eigenvalue weighted by molar-refractivity contribution is 0.0688. The summed E-state index contributed by atoms with van der Waals surface area (Å²) < 4.78 is 5.81. The average molecular weight is 424 g/mol. The predicted octanol–water partition coefficient (Wildman–Crippen LogP) is 5.86. The molecule has 1 aliphatic rings. The van der Waals surface area contributed by atoms with Crippen molar-refractivity contribution in [3.8, 4) is 17.0 Å². The van der Waals surface area contributed by atoms with Crippen LogP contribution in [0, 0.1) is 0 Å². The molecule has 1 N–H and O–H groups in total. The Labute approximate surface area is 182 Å². The number of hydrogen-bond acceptors (Lipinski definition) is 3. The Kier molecular flexibility index (Phi) is 5.82. The SMILES string of the molecule is CCCCOc1ccc(C2c3c(-c4ccc(Cl)cc4)n[nH]c3C(=O)N2C(C)C)cc1. The lowest BCUT2D eigenvalue weighted by atomic mass is 9.95. The molecular formula is C24H26ClN3O2. The molecule has 1 amide bonds. The van der Waals surface area contributed by atoms with Gasteiger partial charge in [0.05, 0.1) is 18.3 Å². The van der Waals surface area contributed by atoms with Crippen molar-refractivity contribution >= 4 is 17.5 Å². The van der Waals surface area contributed by atoms with Crippen molar-refractivity contribution in [2.45, 2.75) is 45.7 Å². The molecular weight excluding hydrogens is 398 g/mol. The number of fused-ring (bicyclic) bond motifs is 1. The summed E-state index contributed by atoms with van der Waals surface area (Å²) >= 11 is 6.06. The second-order valence-corrected chi connectivity index (χ2v) is 8.28. The molecule has 4 rings (SSSR count). The highest BCUT2D eigenvalue weighted by molar-refractivity contribution is 6.30. The van der Waals surface area contributed by atoms with E-state index in [9.17, 15) is 4.79 Å². The molecule has 6 heteroatoms. The number of halogens is 1. The minimum absolute atomic E-state index is 0.0269. The Hall–Kier alpha value is -2.79. The van der Waals surface area contributed by atoms with Gasteiger partial charge in [0.1, 0.15) is 11.4 Å². The maximum absolute atomic E-state index is 13.2. The first-order valence-corrected chi connectivity index (χ1v) is 10.8. The minimum atomic E-state index is -0.207. The van der Waals surface area contributed by atoms with Gasteiger partial charge in [-0.3, -0.25) is 9.89 Å². The summed E-state index contributed by atoms with van der Waals surface area (Å²) in [7, 11) is 0. The van der Waals surface area contributed by atoms with E-state index in [-0.39, 0.29) is 18.0 Å². The van der Waals surface area contributed by atoms with Crippen molar-refractivity contribution in [1.82, 2.24) is 15.1 Å². The zero-order valence-corrected chi connectivity index (χ0v) is 18.2. The lowest BCUT2D eigenvalue weighted by Crippen LogP contribution is -2.35. The zero-order chi connectivity index (χ0) is 21.3. The zero-order valence-electron chi connectivity index (χ0n) is 17.5. The van der Waals surface area contributed by atoms with Gasteiger partial charge in [0.25, 0.3) is 5.91 Å². The van der Waals surface area contributed by atoms with Crippen molar-refractivity contribution in [2.24, 2.45) is 0 Å². The van der Waals surface area contributed by atoms with Crippen LogP contribution in [-0.2, 0) is 0 Å². The van der Waals surface area contributed by atoms with Gasteiger partial charge in [-0.1, -0.05) is 49.2 Å². The molecule has 0 saturated carbocycles. The van der Waals surface area contributed by atoms with E-state index in [2.05, 4.69) is 17.1 Å². The number of hydrogen-bond donors (Lipinski definition) is 1. The Morgan fingerprint density at radius 2 is 1.83 bits per heavy atom. The van der Waals surface area contributed by atoms with Crippen LogP contribution in [0.2, 0.25) is 5.02 Å². The number of H-pyrrole nitrogens is 1. The smallest absolute Gasteiger partial charge is 0.273 e. The molecule has 1 unspecified atom stereocenters. The number of aromatic amines is 1. The first kappa shape index (κ1) is 20.5. The minimum Gasteiger partial charge on any atom is -0.494 e. The highest BCUT2D eigenvalue weighted by Crippen LogP contribution is 2.44. The molecule has 1 aliphatic heterocycles. The molecule has 0 fully saturated rings. The summed E-state index contributed by atoms with van der Waals surface area (Å²) in [5, 5.41) is 8.13. The van der Waals surface area contributed by atoms with Gasteiger partial charge in [0.15, 0.2) is 0 Å². The molecule has 0 radical (unpaired) electrons. The Balaban J connectivity index is 1.74. The van der Waals surface area contributed by atoms with Crippen molar-refractivity contribution in [3.63, 3.8) is 0 Å². The van der Waals surface area contributed by atoms with E-state index < -0.39 is 0 Å². The average Bonchev–Trinajstić information content (AvgIpc) is 3.28. The van der Waals surface area contributed by atoms with Crippen molar-refractivity contribution < 1.29 is 9.53 Å². The third kappa shape index (κ3) is 3.70. The second-order valence-electron chi connectivity index (χ2n) is 7.85. The Bertz CT molecular complexity index is 1030. The predicted molar refractivity (Wildman–Crippen MR) is 119 cm³/mol. The molecule has 1 atom stereocenters. The third-order valence-electron chi connectivity index (χ3n) is 5.44. The van der Waals surface area contributed by atoms with Crippen LogP contribution in [0.1, 0.15) is 61.3 Å². The largest absolute Gasteiger partial charge is 0.494 e. The van der Waals surface area contributed by atoms with Crippen LogP contribution in [0.15, 0.2) is 48.5 Å².